The minimum atomic E-state index is -0.248. The highest BCUT2D eigenvalue weighted by atomic mass is 16.2. The Morgan fingerprint density at radius 3 is 2.24 bits per heavy atom. The lowest BCUT2D eigenvalue weighted by Crippen LogP contribution is -2.27. The van der Waals surface area contributed by atoms with Crippen molar-refractivity contribution in [2.24, 2.45) is 5.10 Å². The van der Waals surface area contributed by atoms with Crippen LogP contribution in [0.1, 0.15) is 33.9 Å². The van der Waals surface area contributed by atoms with Crippen LogP contribution in [0.25, 0.3) is 22.2 Å². The number of hydrazone groups is 1. The number of benzene rings is 3. The first-order chi connectivity index (χ1) is 16.8. The predicted molar refractivity (Wildman–Crippen MR) is 134 cm³/mol. The predicted octanol–water partition coefficient (Wildman–Crippen LogP) is 6.22. The molecule has 5 nitrogen and oxygen atoms in total. The first-order valence-corrected chi connectivity index (χ1v) is 11.3. The van der Waals surface area contributed by atoms with Crippen LogP contribution in [-0.4, -0.2) is 26.6 Å². The largest absolute Gasteiger partial charge is 0.354 e. The van der Waals surface area contributed by atoms with E-state index in [1.807, 2.05) is 72.8 Å². The minimum absolute atomic E-state index is 0.112. The van der Waals surface area contributed by atoms with E-state index in [0.29, 0.717) is 12.0 Å². The van der Waals surface area contributed by atoms with Crippen LogP contribution in [0.5, 0.6) is 0 Å². The lowest BCUT2D eigenvalue weighted by Gasteiger charge is -2.23. The number of carbonyl (C=O) groups excluding carboxylic acids is 1. The molecule has 0 aliphatic carbocycles. The summed E-state index contributed by atoms with van der Waals surface area (Å²) in [6.45, 7) is 0. The van der Waals surface area contributed by atoms with Gasteiger partial charge in [0.25, 0.3) is 5.91 Å². The third kappa shape index (κ3) is 3.48. The number of hydrogen-bond donors (Lipinski definition) is 1. The highest BCUT2D eigenvalue weighted by Gasteiger charge is 2.36. The van der Waals surface area contributed by atoms with Crippen LogP contribution in [0.2, 0.25) is 0 Å². The fraction of sp³-hybridized carbons (Fsp3) is 0.0690. The zero-order valence-electron chi connectivity index (χ0n) is 18.4. The fourth-order valence-corrected chi connectivity index (χ4v) is 4.70. The Labute approximate surface area is 197 Å². The Balaban J connectivity index is 1.54. The van der Waals surface area contributed by atoms with Crippen molar-refractivity contribution in [3.63, 3.8) is 0 Å². The zero-order valence-corrected chi connectivity index (χ0v) is 18.4. The summed E-state index contributed by atoms with van der Waals surface area (Å²) >= 11 is 0. The maximum Gasteiger partial charge on any atom is 0.274 e. The number of carbonyl (C=O) groups is 1. The highest BCUT2D eigenvalue weighted by Crippen LogP contribution is 2.42. The van der Waals surface area contributed by atoms with E-state index in [1.54, 1.807) is 17.4 Å². The number of nitrogens with zero attached hydrogens (tertiary/aromatic N) is 3. The maximum absolute atomic E-state index is 13.7. The summed E-state index contributed by atoms with van der Waals surface area (Å²) in [6, 6.07) is 31.5. The third-order valence-electron chi connectivity index (χ3n) is 6.29. The maximum atomic E-state index is 13.7. The summed E-state index contributed by atoms with van der Waals surface area (Å²) in [5, 5.41) is 7.63. The Morgan fingerprint density at radius 2 is 1.47 bits per heavy atom. The van der Waals surface area contributed by atoms with Gasteiger partial charge in [0.1, 0.15) is 0 Å². The second kappa shape index (κ2) is 8.45. The SMILES string of the molecule is O=C(c1ccccc1)N1N=C(c2ccncc2)CC1c1c(-c2ccccc2)[nH]c2ccccc12. The van der Waals surface area contributed by atoms with Crippen molar-refractivity contribution in [1.82, 2.24) is 15.0 Å². The van der Waals surface area contributed by atoms with Crippen LogP contribution >= 0.6 is 0 Å². The van der Waals surface area contributed by atoms with E-state index >= 15 is 0 Å². The molecule has 3 aromatic carbocycles. The molecule has 2 aromatic heterocycles. The number of aromatic nitrogens is 2. The molecular weight excluding hydrogens is 420 g/mol. The molecule has 1 amide bonds. The van der Waals surface area contributed by atoms with Crippen molar-refractivity contribution < 1.29 is 4.79 Å². The van der Waals surface area contributed by atoms with Crippen LogP contribution in [0.4, 0.5) is 0 Å². The zero-order chi connectivity index (χ0) is 22.9. The van der Waals surface area contributed by atoms with Crippen molar-refractivity contribution in [3.05, 3.63) is 126 Å². The lowest BCUT2D eigenvalue weighted by atomic mass is 9.94. The number of fused-ring (bicyclic) bond motifs is 1. The molecule has 1 unspecified atom stereocenters. The van der Waals surface area contributed by atoms with E-state index in [-0.39, 0.29) is 11.9 Å². The number of amides is 1. The van der Waals surface area contributed by atoms with E-state index in [0.717, 1.165) is 39.0 Å². The first kappa shape index (κ1) is 20.1. The van der Waals surface area contributed by atoms with Crippen LogP contribution in [0.3, 0.4) is 0 Å². The summed E-state index contributed by atoms with van der Waals surface area (Å²) in [6.07, 6.45) is 4.13. The smallest absolute Gasteiger partial charge is 0.274 e. The Kier molecular flexibility index (Phi) is 5.00. The van der Waals surface area contributed by atoms with Gasteiger partial charge in [-0.25, -0.2) is 5.01 Å². The van der Waals surface area contributed by atoms with E-state index in [2.05, 4.69) is 34.2 Å². The number of nitrogens with one attached hydrogen (secondary N) is 1. The van der Waals surface area contributed by atoms with Gasteiger partial charge in [0.15, 0.2) is 0 Å². The molecule has 5 heteroatoms. The molecule has 0 radical (unpaired) electrons. The lowest BCUT2D eigenvalue weighted by molar-refractivity contribution is 0.0712. The van der Waals surface area contributed by atoms with Gasteiger partial charge in [-0.3, -0.25) is 9.78 Å². The number of H-pyrrole nitrogens is 1. The standard InChI is InChI=1S/C29H22N4O/c34-29(22-11-5-2-6-12-22)33-26(19-25(32-33)20-15-17-30-18-16-20)27-23-13-7-8-14-24(23)31-28(27)21-9-3-1-4-10-21/h1-18,26,31H,19H2. The van der Waals surface area contributed by atoms with Crippen LogP contribution < -0.4 is 0 Å². The Bertz CT molecular complexity index is 1490. The topological polar surface area (TPSA) is 61.4 Å². The molecule has 164 valence electrons. The average Bonchev–Trinajstić information content (AvgIpc) is 3.52. The molecule has 34 heavy (non-hydrogen) atoms. The van der Waals surface area contributed by atoms with Crippen molar-refractivity contribution in [2.45, 2.75) is 12.5 Å². The number of pyridine rings is 1. The summed E-state index contributed by atoms with van der Waals surface area (Å²) in [4.78, 5) is 21.5. The first-order valence-electron chi connectivity index (χ1n) is 11.3. The minimum Gasteiger partial charge on any atom is -0.354 e. The van der Waals surface area contributed by atoms with Gasteiger partial charge in [-0.1, -0.05) is 66.7 Å². The van der Waals surface area contributed by atoms with Gasteiger partial charge in [0, 0.05) is 46.4 Å². The quantitative estimate of drug-likeness (QED) is 0.359. The van der Waals surface area contributed by atoms with Gasteiger partial charge >= 0.3 is 0 Å². The number of hydrogen-bond acceptors (Lipinski definition) is 3. The second-order valence-electron chi connectivity index (χ2n) is 8.34. The average molecular weight is 443 g/mol. The van der Waals surface area contributed by atoms with Crippen molar-refractivity contribution in [1.29, 1.82) is 0 Å². The van der Waals surface area contributed by atoms with Crippen LogP contribution in [0, 0.1) is 0 Å². The molecule has 1 aliphatic heterocycles. The molecule has 0 saturated carbocycles. The van der Waals surface area contributed by atoms with Crippen LogP contribution in [0.15, 0.2) is 115 Å². The van der Waals surface area contributed by atoms with E-state index in [1.165, 1.54) is 0 Å². The van der Waals surface area contributed by atoms with E-state index in [4.69, 9.17) is 5.10 Å². The van der Waals surface area contributed by atoms with Gasteiger partial charge in [-0.2, -0.15) is 5.10 Å². The molecule has 0 fully saturated rings. The van der Waals surface area contributed by atoms with Gasteiger partial charge in [0.05, 0.1) is 17.4 Å². The number of para-hydroxylation sites is 1. The molecule has 0 spiro atoms. The van der Waals surface area contributed by atoms with E-state index < -0.39 is 0 Å². The third-order valence-corrected chi connectivity index (χ3v) is 6.29. The van der Waals surface area contributed by atoms with Crippen molar-refractivity contribution in [2.75, 3.05) is 0 Å². The summed E-state index contributed by atoms with van der Waals surface area (Å²) in [7, 11) is 0. The Hall–Kier alpha value is -4.51. The second-order valence-corrected chi connectivity index (χ2v) is 8.34. The van der Waals surface area contributed by atoms with E-state index in [9.17, 15) is 4.79 Å². The number of aromatic amines is 1. The molecule has 1 N–H and O–H groups in total. The summed E-state index contributed by atoms with van der Waals surface area (Å²) in [5.74, 6) is -0.112. The molecule has 5 aromatic rings. The monoisotopic (exact) mass is 442 g/mol. The van der Waals surface area contributed by atoms with Gasteiger partial charge in [-0.15, -0.1) is 0 Å². The normalized spacial score (nSPS) is 15.5. The molecule has 0 bridgehead atoms. The summed E-state index contributed by atoms with van der Waals surface area (Å²) < 4.78 is 0. The Morgan fingerprint density at radius 1 is 0.794 bits per heavy atom. The molecule has 3 heterocycles. The van der Waals surface area contributed by atoms with Crippen LogP contribution in [-0.2, 0) is 0 Å². The van der Waals surface area contributed by atoms with Gasteiger partial charge in [0.2, 0.25) is 0 Å². The molecule has 0 saturated heterocycles. The molecule has 6 rings (SSSR count). The molecule has 1 atom stereocenters. The van der Waals surface area contributed by atoms with Crippen molar-refractivity contribution >= 4 is 22.5 Å². The van der Waals surface area contributed by atoms with Gasteiger partial charge in [-0.05, 0) is 35.9 Å². The molecule has 1 aliphatic rings. The molecular formula is C29H22N4O. The fourth-order valence-electron chi connectivity index (χ4n) is 4.70. The van der Waals surface area contributed by atoms with Gasteiger partial charge < -0.3 is 4.98 Å². The highest BCUT2D eigenvalue weighted by molar-refractivity contribution is 6.06. The summed E-state index contributed by atoms with van der Waals surface area (Å²) in [5.41, 5.74) is 6.69. The van der Waals surface area contributed by atoms with Crippen molar-refractivity contribution in [3.8, 4) is 11.3 Å². The number of rotatable bonds is 4.